The van der Waals surface area contributed by atoms with Crippen LogP contribution in [-0.4, -0.2) is 104 Å². The van der Waals surface area contributed by atoms with Crippen molar-refractivity contribution in [1.29, 1.82) is 0 Å². The number of aliphatic carboxylic acids is 1. The summed E-state index contributed by atoms with van der Waals surface area (Å²) in [5.74, 6) is -2.75. The molecule has 4 aromatic rings. The van der Waals surface area contributed by atoms with Gasteiger partial charge in [0, 0.05) is 63.4 Å². The lowest BCUT2D eigenvalue weighted by atomic mass is 9.90. The van der Waals surface area contributed by atoms with Gasteiger partial charge in [0.1, 0.15) is 40.6 Å². The maximum atomic E-state index is 14.6. The SMILES string of the molecule is CC.CC.CCC(=O)NCCNC(=O)NC(N)=NCCCC(NC(=O)C(c1ccccc1)c1cccc(OCCCCNc2c(NCCON)c(=O)c2=O)c1)C(=O)NCc1c(F)cc(O)cc1F.O=C(O)C(F)(F)F. The summed E-state index contributed by atoms with van der Waals surface area (Å²) in [6, 6.07) is 15.2. The van der Waals surface area contributed by atoms with Crippen molar-refractivity contribution in [3.63, 3.8) is 0 Å². The Morgan fingerprint density at radius 2 is 1.33 bits per heavy atom. The summed E-state index contributed by atoms with van der Waals surface area (Å²) in [5, 5.41) is 35.3. The fourth-order valence-corrected chi connectivity index (χ4v) is 6.30. The maximum Gasteiger partial charge on any atom is 0.490 e. The standard InChI is InChI=1S/C43H54F2N10O9.C2HF3O2.2C2H6/c1-2-34(57)48-17-18-52-43(62)55-42(46)51-16-9-14-33(40(60)53-25-30-31(44)23-28(56)24-32(30)45)54-41(61)35(26-10-4-3-5-11-26)27-12-8-13-29(22-27)63-20-7-6-15-49-36-37(39(59)38(36)58)50-19-21-64-47;3-2(4,5)1(6)7;2*1-2/h3-5,8,10-13,22-24,33,35,49-50,56H,2,6-7,9,14-21,25,47H2,1H3,(H,48,57)(H,53,60)(H,54,61)(H4,46,51,52,55,62);(H,6,7);2*1-2H3. The molecule has 5 amide bonds. The van der Waals surface area contributed by atoms with E-state index >= 15 is 0 Å². The summed E-state index contributed by atoms with van der Waals surface area (Å²) in [4.78, 5) is 92.9. The molecule has 13 N–H and O–H groups in total. The number of carboxylic acid groups (broad SMARTS) is 1. The van der Waals surface area contributed by atoms with Gasteiger partial charge >= 0.3 is 18.2 Å². The van der Waals surface area contributed by atoms with Gasteiger partial charge < -0.3 is 57.4 Å². The zero-order chi connectivity index (χ0) is 56.5. The number of rotatable bonds is 26. The molecule has 0 aromatic heterocycles. The van der Waals surface area contributed by atoms with Crippen LogP contribution in [0.2, 0.25) is 0 Å². The molecule has 0 fully saturated rings. The van der Waals surface area contributed by atoms with E-state index in [1.807, 2.05) is 27.7 Å². The van der Waals surface area contributed by atoms with Crippen LogP contribution >= 0.6 is 0 Å². The minimum atomic E-state index is -5.08. The van der Waals surface area contributed by atoms with Crippen LogP contribution in [0, 0.1) is 11.6 Å². The molecule has 0 aliphatic heterocycles. The van der Waals surface area contributed by atoms with Crippen LogP contribution in [0.15, 0.2) is 81.3 Å². The van der Waals surface area contributed by atoms with E-state index in [0.717, 1.165) is 0 Å². The van der Waals surface area contributed by atoms with E-state index in [2.05, 4.69) is 47.0 Å². The average molecular weight is 1070 g/mol. The highest BCUT2D eigenvalue weighted by atomic mass is 19.4. The van der Waals surface area contributed by atoms with Gasteiger partial charge in [-0.2, -0.15) is 13.2 Å². The summed E-state index contributed by atoms with van der Waals surface area (Å²) in [5.41, 5.74) is 5.67. The Labute approximate surface area is 430 Å². The Balaban J connectivity index is 0.00000233. The molecule has 4 aromatic carbocycles. The molecule has 2 atom stereocenters. The molecule has 0 heterocycles. The summed E-state index contributed by atoms with van der Waals surface area (Å²) in [6.07, 6.45) is -3.46. The number of guanidine groups is 1. The van der Waals surface area contributed by atoms with Gasteiger partial charge in [0.05, 0.1) is 19.1 Å². The lowest BCUT2D eigenvalue weighted by Gasteiger charge is -2.23. The van der Waals surface area contributed by atoms with Crippen LogP contribution < -0.4 is 64.4 Å². The van der Waals surface area contributed by atoms with E-state index in [0.29, 0.717) is 54.8 Å². The number of benzene rings is 3. The van der Waals surface area contributed by atoms with Crippen LogP contribution in [-0.2, 0) is 30.6 Å². The minimum absolute atomic E-state index is 0.01000. The first-order valence-corrected chi connectivity index (χ1v) is 23.8. The van der Waals surface area contributed by atoms with Crippen molar-refractivity contribution in [3.05, 3.63) is 116 Å². The molecule has 4 rings (SSSR count). The van der Waals surface area contributed by atoms with E-state index in [9.17, 15) is 55.8 Å². The molecule has 0 aliphatic rings. The van der Waals surface area contributed by atoms with E-state index in [-0.39, 0.29) is 75.5 Å². The Morgan fingerprint density at radius 1 is 0.747 bits per heavy atom. The Bertz CT molecular complexity index is 2490. The topological polar surface area (TPSA) is 327 Å². The van der Waals surface area contributed by atoms with Crippen molar-refractivity contribution in [1.82, 2.24) is 26.6 Å². The third-order valence-electron chi connectivity index (χ3n) is 9.83. The van der Waals surface area contributed by atoms with Crippen molar-refractivity contribution >= 4 is 47.1 Å². The largest absolute Gasteiger partial charge is 0.508 e. The van der Waals surface area contributed by atoms with Crippen molar-refractivity contribution in [2.24, 2.45) is 16.6 Å². The first kappa shape index (κ1) is 65.1. The van der Waals surface area contributed by atoms with Crippen LogP contribution in [0.3, 0.4) is 0 Å². The van der Waals surface area contributed by atoms with E-state index < -0.39 is 82.3 Å². The number of unbranched alkanes of at least 4 members (excludes halogenated alkanes) is 1. The lowest BCUT2D eigenvalue weighted by molar-refractivity contribution is -0.192. The number of aromatic hydroxyl groups is 1. The number of carboxylic acids is 1. The van der Waals surface area contributed by atoms with Gasteiger partial charge in [-0.1, -0.05) is 77.1 Å². The summed E-state index contributed by atoms with van der Waals surface area (Å²) < 4.78 is 66.8. The van der Waals surface area contributed by atoms with Gasteiger partial charge in [-0.15, -0.1) is 0 Å². The Hall–Kier alpha value is -7.87. The van der Waals surface area contributed by atoms with Gasteiger partial charge in [-0.05, 0) is 48.9 Å². The minimum Gasteiger partial charge on any atom is -0.508 e. The first-order chi connectivity index (χ1) is 35.8. The van der Waals surface area contributed by atoms with Crippen molar-refractivity contribution < 1.29 is 65.7 Å². The van der Waals surface area contributed by atoms with E-state index in [1.54, 1.807) is 61.5 Å². The number of nitrogens with two attached hydrogens (primary N) is 2. The number of halogens is 5. The quantitative estimate of drug-likeness (QED) is 0.0104. The summed E-state index contributed by atoms with van der Waals surface area (Å²) in [7, 11) is 0. The zero-order valence-corrected chi connectivity index (χ0v) is 42.3. The average Bonchev–Trinajstić information content (AvgIpc) is 3.38. The molecule has 0 spiro atoms. The number of anilines is 2. The normalized spacial score (nSPS) is 11.6. The smallest absolute Gasteiger partial charge is 0.490 e. The number of carbonyl (C=O) groups is 5. The molecule has 0 bridgehead atoms. The molecule has 0 radical (unpaired) electrons. The van der Waals surface area contributed by atoms with Crippen molar-refractivity contribution in [3.8, 4) is 11.5 Å². The Kier molecular flexibility index (Phi) is 30.7. The van der Waals surface area contributed by atoms with Crippen LogP contribution in [0.5, 0.6) is 11.5 Å². The monoisotopic (exact) mass is 1070 g/mol. The number of hydrogen-bond donors (Lipinski definition) is 11. The van der Waals surface area contributed by atoms with Crippen molar-refractivity contribution in [2.75, 3.05) is 56.6 Å². The number of alkyl halides is 3. The third-order valence-corrected chi connectivity index (χ3v) is 9.83. The van der Waals surface area contributed by atoms with Gasteiger partial charge in [0.25, 0.3) is 10.9 Å². The molecular formula is C49H67F5N10O11. The molecule has 75 heavy (non-hydrogen) atoms. The van der Waals surface area contributed by atoms with Crippen LogP contribution in [0.1, 0.15) is 89.3 Å². The number of amides is 5. The number of carbonyl (C=O) groups excluding carboxylic acids is 4. The number of urea groups is 1. The summed E-state index contributed by atoms with van der Waals surface area (Å²) in [6.45, 7) is 10.6. The van der Waals surface area contributed by atoms with Crippen molar-refractivity contribution in [2.45, 2.75) is 91.4 Å². The second-order valence-electron chi connectivity index (χ2n) is 15.1. The maximum absolute atomic E-state index is 14.6. The lowest BCUT2D eigenvalue weighted by Crippen LogP contribution is -2.48. The molecule has 21 nitrogen and oxygen atoms in total. The molecule has 2 unspecified atom stereocenters. The fraction of sp³-hybridized carbons (Fsp3) is 0.429. The number of nitrogens with zero attached hydrogens (tertiary/aromatic N) is 1. The Morgan fingerprint density at radius 3 is 1.92 bits per heavy atom. The highest BCUT2D eigenvalue weighted by Crippen LogP contribution is 2.29. The highest BCUT2D eigenvalue weighted by molar-refractivity contribution is 5.95. The first-order valence-electron chi connectivity index (χ1n) is 23.8. The number of ether oxygens (including phenoxy) is 1. The number of aliphatic imine (C=N–C) groups is 1. The molecular weight excluding hydrogens is 1000 g/mol. The zero-order valence-electron chi connectivity index (χ0n) is 42.3. The predicted octanol–water partition coefficient (Wildman–Crippen LogP) is 4.38. The molecule has 0 saturated carbocycles. The second kappa shape index (κ2) is 35.3. The number of phenols is 1. The number of hydrogen-bond acceptors (Lipinski definition) is 14. The van der Waals surface area contributed by atoms with Gasteiger partial charge in [0.2, 0.25) is 17.7 Å². The van der Waals surface area contributed by atoms with Gasteiger partial charge in [-0.3, -0.25) is 34.3 Å². The van der Waals surface area contributed by atoms with Gasteiger partial charge in [-0.25, -0.2) is 24.3 Å². The highest BCUT2D eigenvalue weighted by Gasteiger charge is 2.38. The molecule has 0 aliphatic carbocycles. The van der Waals surface area contributed by atoms with E-state index in [4.69, 9.17) is 26.3 Å². The third kappa shape index (κ3) is 23.7. The summed E-state index contributed by atoms with van der Waals surface area (Å²) >= 11 is 0. The fourth-order valence-electron chi connectivity index (χ4n) is 6.30. The number of phenolic OH excluding ortho intramolecular Hbond substituents is 1. The predicted molar refractivity (Wildman–Crippen MR) is 272 cm³/mol. The molecule has 26 heteroatoms. The van der Waals surface area contributed by atoms with Gasteiger partial charge in [0.15, 0.2) is 5.96 Å². The second-order valence-corrected chi connectivity index (χ2v) is 15.1. The van der Waals surface area contributed by atoms with Crippen LogP contribution in [0.4, 0.5) is 38.1 Å². The number of nitrogens with one attached hydrogen (secondary N) is 7. The molecule has 0 saturated heterocycles. The van der Waals surface area contributed by atoms with Crippen LogP contribution in [0.25, 0.3) is 0 Å². The molecule has 414 valence electrons. The van der Waals surface area contributed by atoms with E-state index in [1.165, 1.54) is 0 Å².